The standard InChI is InChI=1S/C11H19BrN2O2S2/c1-8-10(12)5-9(17-8)6-13-7-11(2,3)14-18(4,15)16/h5,13-14H,6-7H2,1-4H3. The minimum atomic E-state index is -3.17. The summed E-state index contributed by atoms with van der Waals surface area (Å²) in [5.41, 5.74) is -0.489. The lowest BCUT2D eigenvalue weighted by atomic mass is 10.1. The molecule has 0 radical (unpaired) electrons. The highest BCUT2D eigenvalue weighted by Crippen LogP contribution is 2.26. The fourth-order valence-corrected chi connectivity index (χ4v) is 4.29. The van der Waals surface area contributed by atoms with Gasteiger partial charge in [0.05, 0.1) is 6.26 Å². The third-order valence-electron chi connectivity index (χ3n) is 2.24. The molecular weight excluding hydrogens is 336 g/mol. The molecule has 104 valence electrons. The second kappa shape index (κ2) is 6.00. The number of nitrogens with one attached hydrogen (secondary N) is 2. The summed E-state index contributed by atoms with van der Waals surface area (Å²) >= 11 is 5.21. The predicted octanol–water partition coefficient (Wildman–Crippen LogP) is 2.24. The fraction of sp³-hybridized carbons (Fsp3) is 0.636. The molecule has 0 bridgehead atoms. The average Bonchev–Trinajstić information content (AvgIpc) is 2.41. The van der Waals surface area contributed by atoms with Crippen molar-refractivity contribution in [2.75, 3.05) is 12.8 Å². The minimum absolute atomic E-state index is 0.489. The molecule has 1 aromatic rings. The Bertz CT molecular complexity index is 490. The van der Waals surface area contributed by atoms with Crippen molar-refractivity contribution in [3.63, 3.8) is 0 Å². The lowest BCUT2D eigenvalue weighted by Gasteiger charge is -2.25. The Morgan fingerprint density at radius 3 is 2.50 bits per heavy atom. The van der Waals surface area contributed by atoms with Crippen LogP contribution in [-0.4, -0.2) is 26.8 Å². The van der Waals surface area contributed by atoms with Gasteiger partial charge in [-0.15, -0.1) is 11.3 Å². The molecule has 0 saturated heterocycles. The summed E-state index contributed by atoms with van der Waals surface area (Å²) in [7, 11) is -3.17. The Kier molecular flexibility index (Phi) is 5.37. The highest BCUT2D eigenvalue weighted by atomic mass is 79.9. The van der Waals surface area contributed by atoms with Crippen LogP contribution >= 0.6 is 27.3 Å². The van der Waals surface area contributed by atoms with E-state index in [1.165, 1.54) is 16.0 Å². The van der Waals surface area contributed by atoms with Crippen molar-refractivity contribution in [1.82, 2.24) is 10.0 Å². The van der Waals surface area contributed by atoms with Gasteiger partial charge in [-0.1, -0.05) is 0 Å². The number of rotatable bonds is 6. The van der Waals surface area contributed by atoms with Crippen LogP contribution < -0.4 is 10.0 Å². The van der Waals surface area contributed by atoms with Gasteiger partial charge < -0.3 is 5.32 Å². The Hall–Kier alpha value is 0.0500. The van der Waals surface area contributed by atoms with Gasteiger partial charge in [-0.25, -0.2) is 13.1 Å². The molecule has 0 fully saturated rings. The SMILES string of the molecule is Cc1sc(CNCC(C)(C)NS(C)(=O)=O)cc1Br. The van der Waals surface area contributed by atoms with Gasteiger partial charge in [0.15, 0.2) is 0 Å². The monoisotopic (exact) mass is 354 g/mol. The van der Waals surface area contributed by atoms with Gasteiger partial charge in [0, 0.05) is 32.9 Å². The highest BCUT2D eigenvalue weighted by molar-refractivity contribution is 9.10. The molecule has 7 heteroatoms. The number of thiophene rings is 1. The van der Waals surface area contributed by atoms with Crippen molar-refractivity contribution in [3.8, 4) is 0 Å². The van der Waals surface area contributed by atoms with E-state index in [-0.39, 0.29) is 0 Å². The molecule has 18 heavy (non-hydrogen) atoms. The molecule has 0 atom stereocenters. The zero-order valence-electron chi connectivity index (χ0n) is 11.0. The Morgan fingerprint density at radius 2 is 2.06 bits per heavy atom. The van der Waals surface area contributed by atoms with Crippen LogP contribution in [-0.2, 0) is 16.6 Å². The Labute approximate surface area is 121 Å². The first-order valence-electron chi connectivity index (χ1n) is 5.53. The van der Waals surface area contributed by atoms with Crippen molar-refractivity contribution < 1.29 is 8.42 Å². The smallest absolute Gasteiger partial charge is 0.209 e. The summed E-state index contributed by atoms with van der Waals surface area (Å²) < 4.78 is 26.1. The van der Waals surface area contributed by atoms with E-state index in [0.717, 1.165) is 11.0 Å². The maximum Gasteiger partial charge on any atom is 0.209 e. The van der Waals surface area contributed by atoms with E-state index in [2.05, 4.69) is 39.0 Å². The average molecular weight is 355 g/mol. The molecule has 0 spiro atoms. The molecule has 0 aliphatic carbocycles. The Balaban J connectivity index is 2.46. The number of halogens is 1. The zero-order valence-corrected chi connectivity index (χ0v) is 14.2. The molecular formula is C11H19BrN2O2S2. The molecule has 0 aromatic carbocycles. The normalized spacial score (nSPS) is 12.9. The van der Waals surface area contributed by atoms with Crippen LogP contribution in [0.5, 0.6) is 0 Å². The lowest BCUT2D eigenvalue weighted by molar-refractivity contribution is 0.422. The quantitative estimate of drug-likeness (QED) is 0.823. The number of sulfonamides is 1. The van der Waals surface area contributed by atoms with Crippen LogP contribution in [0.15, 0.2) is 10.5 Å². The second-order valence-electron chi connectivity index (χ2n) is 4.98. The van der Waals surface area contributed by atoms with Gasteiger partial charge in [-0.3, -0.25) is 0 Å². The molecule has 0 saturated carbocycles. The van der Waals surface area contributed by atoms with E-state index in [0.29, 0.717) is 6.54 Å². The summed E-state index contributed by atoms with van der Waals surface area (Å²) in [4.78, 5) is 2.48. The highest BCUT2D eigenvalue weighted by Gasteiger charge is 2.21. The summed E-state index contributed by atoms with van der Waals surface area (Å²) in [5, 5.41) is 3.27. The first-order valence-corrected chi connectivity index (χ1v) is 9.04. The van der Waals surface area contributed by atoms with Crippen LogP contribution in [0.2, 0.25) is 0 Å². The van der Waals surface area contributed by atoms with Gasteiger partial charge in [-0.05, 0) is 42.8 Å². The summed E-state index contributed by atoms with van der Waals surface area (Å²) in [5.74, 6) is 0. The summed E-state index contributed by atoms with van der Waals surface area (Å²) in [6, 6.07) is 2.09. The van der Waals surface area contributed by atoms with Crippen LogP contribution in [0.1, 0.15) is 23.6 Å². The van der Waals surface area contributed by atoms with Crippen molar-refractivity contribution in [2.45, 2.75) is 32.9 Å². The van der Waals surface area contributed by atoms with Crippen molar-refractivity contribution in [1.29, 1.82) is 0 Å². The van der Waals surface area contributed by atoms with E-state index in [4.69, 9.17) is 0 Å². The summed E-state index contributed by atoms with van der Waals surface area (Å²) in [6.45, 7) is 7.10. The van der Waals surface area contributed by atoms with Crippen molar-refractivity contribution >= 4 is 37.3 Å². The number of hydrogen-bond acceptors (Lipinski definition) is 4. The molecule has 2 N–H and O–H groups in total. The lowest BCUT2D eigenvalue weighted by Crippen LogP contribution is -2.49. The third kappa shape index (κ3) is 5.79. The van der Waals surface area contributed by atoms with Gasteiger partial charge in [0.25, 0.3) is 0 Å². The molecule has 1 heterocycles. The Morgan fingerprint density at radius 1 is 1.44 bits per heavy atom. The third-order valence-corrected chi connectivity index (χ3v) is 5.30. The second-order valence-corrected chi connectivity index (χ2v) is 8.92. The molecule has 1 rings (SSSR count). The molecule has 0 aliphatic heterocycles. The van der Waals surface area contributed by atoms with Crippen LogP contribution in [0.4, 0.5) is 0 Å². The fourth-order valence-electron chi connectivity index (χ4n) is 1.64. The first kappa shape index (κ1) is 16.1. The molecule has 0 amide bonds. The molecule has 0 unspecified atom stereocenters. The van der Waals surface area contributed by atoms with E-state index in [1.54, 1.807) is 11.3 Å². The van der Waals surface area contributed by atoms with Crippen LogP contribution in [0.25, 0.3) is 0 Å². The molecule has 0 aliphatic rings. The largest absolute Gasteiger partial charge is 0.310 e. The van der Waals surface area contributed by atoms with Crippen molar-refractivity contribution in [2.24, 2.45) is 0 Å². The minimum Gasteiger partial charge on any atom is -0.310 e. The van der Waals surface area contributed by atoms with Crippen molar-refractivity contribution in [3.05, 3.63) is 20.3 Å². The van der Waals surface area contributed by atoms with E-state index >= 15 is 0 Å². The van der Waals surface area contributed by atoms with Gasteiger partial charge in [-0.2, -0.15) is 0 Å². The van der Waals surface area contributed by atoms with Gasteiger partial charge in [0.2, 0.25) is 10.0 Å². The number of aryl methyl sites for hydroxylation is 1. The maximum atomic E-state index is 11.2. The zero-order chi connectivity index (χ0) is 14.0. The van der Waals surface area contributed by atoms with E-state index in [1.807, 2.05) is 13.8 Å². The maximum absolute atomic E-state index is 11.2. The number of hydrogen-bond donors (Lipinski definition) is 2. The van der Waals surface area contributed by atoms with Gasteiger partial charge >= 0.3 is 0 Å². The molecule has 4 nitrogen and oxygen atoms in total. The predicted molar refractivity (Wildman–Crippen MR) is 80.5 cm³/mol. The van der Waals surface area contributed by atoms with Crippen LogP contribution in [0.3, 0.4) is 0 Å². The van der Waals surface area contributed by atoms with Crippen LogP contribution in [0, 0.1) is 6.92 Å². The van der Waals surface area contributed by atoms with E-state index < -0.39 is 15.6 Å². The topological polar surface area (TPSA) is 58.2 Å². The van der Waals surface area contributed by atoms with Gasteiger partial charge in [0.1, 0.15) is 0 Å². The van der Waals surface area contributed by atoms with E-state index in [9.17, 15) is 8.42 Å². The summed E-state index contributed by atoms with van der Waals surface area (Å²) in [6.07, 6.45) is 1.18. The first-order chi connectivity index (χ1) is 8.09. The molecule has 1 aromatic heterocycles.